The number of para-hydroxylation sites is 1. The zero-order valence-electron chi connectivity index (χ0n) is 7.20. The van der Waals surface area contributed by atoms with Crippen LogP contribution in [0.5, 0.6) is 0 Å². The number of aliphatic hydroxyl groups excluding tert-OH is 1. The van der Waals surface area contributed by atoms with Crippen LogP contribution in [0.1, 0.15) is 11.7 Å². The van der Waals surface area contributed by atoms with Gasteiger partial charge in [-0.3, -0.25) is 0 Å². The Hall–Kier alpha value is -1.54. The minimum absolute atomic E-state index is 0.587. The highest BCUT2D eigenvalue weighted by molar-refractivity contribution is 5.83. The normalized spacial score (nSPS) is 13.0. The molecule has 1 unspecified atom stereocenters. The maximum Gasteiger partial charge on any atom is 0.0989 e. The minimum Gasteiger partial charge on any atom is -0.384 e. The van der Waals surface area contributed by atoms with Crippen LogP contribution < -0.4 is 0 Å². The first-order chi connectivity index (χ1) is 6.33. The van der Waals surface area contributed by atoms with Crippen molar-refractivity contribution in [2.75, 3.05) is 0 Å². The van der Waals surface area contributed by atoms with Gasteiger partial charge in [0.15, 0.2) is 0 Å². The molecule has 0 aliphatic carbocycles. The van der Waals surface area contributed by atoms with Crippen molar-refractivity contribution in [1.82, 2.24) is 4.98 Å². The van der Waals surface area contributed by atoms with Crippen molar-refractivity contribution in [2.24, 2.45) is 0 Å². The summed E-state index contributed by atoms with van der Waals surface area (Å²) in [5.74, 6) is 0. The standard InChI is InChI=1S/C11H11NO/c1-2-11(13)9-7-12-10-6-4-3-5-8(9)10/h2-7,11-13H,1H2. The van der Waals surface area contributed by atoms with E-state index in [4.69, 9.17) is 0 Å². The quantitative estimate of drug-likeness (QED) is 0.672. The van der Waals surface area contributed by atoms with Crippen molar-refractivity contribution in [3.8, 4) is 0 Å². The van der Waals surface area contributed by atoms with Crippen LogP contribution in [-0.2, 0) is 0 Å². The SMILES string of the molecule is C=CC(O)c1c[nH]c2ccccc12. The Morgan fingerprint density at radius 1 is 1.38 bits per heavy atom. The van der Waals surface area contributed by atoms with E-state index in [0.717, 1.165) is 16.5 Å². The largest absolute Gasteiger partial charge is 0.384 e. The maximum absolute atomic E-state index is 9.58. The lowest BCUT2D eigenvalue weighted by molar-refractivity contribution is 0.230. The second kappa shape index (κ2) is 3.07. The first kappa shape index (κ1) is 8.08. The van der Waals surface area contributed by atoms with Gasteiger partial charge < -0.3 is 10.1 Å². The van der Waals surface area contributed by atoms with Crippen molar-refractivity contribution in [3.05, 3.63) is 48.7 Å². The Morgan fingerprint density at radius 3 is 2.92 bits per heavy atom. The van der Waals surface area contributed by atoms with E-state index in [9.17, 15) is 5.11 Å². The summed E-state index contributed by atoms with van der Waals surface area (Å²) in [6.07, 6.45) is 2.75. The monoisotopic (exact) mass is 173 g/mol. The number of aliphatic hydroxyl groups is 1. The van der Waals surface area contributed by atoms with E-state index in [2.05, 4.69) is 11.6 Å². The third kappa shape index (κ3) is 1.25. The zero-order valence-corrected chi connectivity index (χ0v) is 7.20. The molecule has 1 aromatic heterocycles. The Kier molecular flexibility index (Phi) is 1.91. The van der Waals surface area contributed by atoms with Gasteiger partial charge in [-0.05, 0) is 6.07 Å². The maximum atomic E-state index is 9.58. The van der Waals surface area contributed by atoms with Gasteiger partial charge in [0.25, 0.3) is 0 Å². The van der Waals surface area contributed by atoms with E-state index < -0.39 is 6.10 Å². The molecular formula is C11H11NO. The molecule has 0 fully saturated rings. The van der Waals surface area contributed by atoms with Gasteiger partial charge in [-0.15, -0.1) is 6.58 Å². The number of fused-ring (bicyclic) bond motifs is 1. The predicted octanol–water partition coefficient (Wildman–Crippen LogP) is 2.39. The summed E-state index contributed by atoms with van der Waals surface area (Å²) >= 11 is 0. The Balaban J connectivity index is 2.64. The highest BCUT2D eigenvalue weighted by atomic mass is 16.3. The molecule has 66 valence electrons. The highest BCUT2D eigenvalue weighted by Gasteiger charge is 2.08. The third-order valence-electron chi connectivity index (χ3n) is 2.16. The summed E-state index contributed by atoms with van der Waals surface area (Å²) in [6, 6.07) is 7.88. The lowest BCUT2D eigenvalue weighted by atomic mass is 10.1. The van der Waals surface area contributed by atoms with Crippen LogP contribution in [0, 0.1) is 0 Å². The molecule has 0 radical (unpaired) electrons. The van der Waals surface area contributed by atoms with Crippen molar-refractivity contribution >= 4 is 10.9 Å². The van der Waals surface area contributed by atoms with Gasteiger partial charge in [0, 0.05) is 22.7 Å². The van der Waals surface area contributed by atoms with Gasteiger partial charge in [-0.2, -0.15) is 0 Å². The molecule has 1 heterocycles. The summed E-state index contributed by atoms with van der Waals surface area (Å²) in [7, 11) is 0. The molecule has 1 atom stereocenters. The lowest BCUT2D eigenvalue weighted by Gasteiger charge is -2.01. The summed E-state index contributed by atoms with van der Waals surface area (Å²) in [5, 5.41) is 10.6. The first-order valence-electron chi connectivity index (χ1n) is 4.19. The van der Waals surface area contributed by atoms with E-state index in [0.29, 0.717) is 0 Å². The van der Waals surface area contributed by atoms with Crippen LogP contribution in [0.25, 0.3) is 10.9 Å². The Labute approximate surface area is 76.5 Å². The number of H-pyrrole nitrogens is 1. The van der Waals surface area contributed by atoms with Crippen LogP contribution in [0.4, 0.5) is 0 Å². The first-order valence-corrected chi connectivity index (χ1v) is 4.19. The average molecular weight is 173 g/mol. The van der Waals surface area contributed by atoms with E-state index in [1.807, 2.05) is 30.5 Å². The molecule has 0 aliphatic rings. The van der Waals surface area contributed by atoms with Crippen LogP contribution in [0.3, 0.4) is 0 Å². The van der Waals surface area contributed by atoms with Crippen molar-refractivity contribution in [3.63, 3.8) is 0 Å². The molecule has 1 aromatic carbocycles. The second-order valence-corrected chi connectivity index (χ2v) is 2.97. The molecule has 2 N–H and O–H groups in total. The smallest absolute Gasteiger partial charge is 0.0989 e. The van der Waals surface area contributed by atoms with Gasteiger partial charge >= 0.3 is 0 Å². The van der Waals surface area contributed by atoms with Crippen LogP contribution in [-0.4, -0.2) is 10.1 Å². The predicted molar refractivity (Wildman–Crippen MR) is 53.5 cm³/mol. The van der Waals surface area contributed by atoms with Crippen molar-refractivity contribution in [2.45, 2.75) is 6.10 Å². The summed E-state index contributed by atoms with van der Waals surface area (Å²) in [4.78, 5) is 3.10. The molecule has 13 heavy (non-hydrogen) atoms. The van der Waals surface area contributed by atoms with Crippen molar-refractivity contribution in [1.29, 1.82) is 0 Å². The number of hydrogen-bond donors (Lipinski definition) is 2. The number of hydrogen-bond acceptors (Lipinski definition) is 1. The lowest BCUT2D eigenvalue weighted by Crippen LogP contribution is -1.89. The fraction of sp³-hybridized carbons (Fsp3) is 0.0909. The van der Waals surface area contributed by atoms with Gasteiger partial charge in [0.1, 0.15) is 0 Å². The fourth-order valence-electron chi connectivity index (χ4n) is 1.47. The summed E-state index contributed by atoms with van der Waals surface area (Å²) in [5.41, 5.74) is 1.92. The average Bonchev–Trinajstić information content (AvgIpc) is 2.60. The molecule has 0 bridgehead atoms. The van der Waals surface area contributed by atoms with Crippen molar-refractivity contribution < 1.29 is 5.11 Å². The van der Waals surface area contributed by atoms with Gasteiger partial charge in [0.2, 0.25) is 0 Å². The number of benzene rings is 1. The highest BCUT2D eigenvalue weighted by Crippen LogP contribution is 2.23. The number of aromatic nitrogens is 1. The molecule has 2 rings (SSSR count). The van der Waals surface area contributed by atoms with Crippen LogP contribution in [0.2, 0.25) is 0 Å². The molecule has 2 heteroatoms. The van der Waals surface area contributed by atoms with E-state index in [1.165, 1.54) is 6.08 Å². The topological polar surface area (TPSA) is 36.0 Å². The van der Waals surface area contributed by atoms with Gasteiger partial charge in [-0.1, -0.05) is 24.3 Å². The molecule has 0 spiro atoms. The van der Waals surface area contributed by atoms with Crippen LogP contribution in [0.15, 0.2) is 43.1 Å². The molecule has 0 amide bonds. The Morgan fingerprint density at radius 2 is 2.15 bits per heavy atom. The fourth-order valence-corrected chi connectivity index (χ4v) is 1.47. The van der Waals surface area contributed by atoms with Crippen LogP contribution >= 0.6 is 0 Å². The molecule has 2 aromatic rings. The zero-order chi connectivity index (χ0) is 9.26. The molecule has 2 nitrogen and oxygen atoms in total. The third-order valence-corrected chi connectivity index (χ3v) is 2.16. The molecule has 0 aliphatic heterocycles. The molecule has 0 saturated carbocycles. The van der Waals surface area contributed by atoms with Gasteiger partial charge in [0.05, 0.1) is 6.10 Å². The van der Waals surface area contributed by atoms with E-state index >= 15 is 0 Å². The molecular weight excluding hydrogens is 162 g/mol. The minimum atomic E-state index is -0.587. The van der Waals surface area contributed by atoms with Gasteiger partial charge in [-0.25, -0.2) is 0 Å². The number of aromatic amines is 1. The summed E-state index contributed by atoms with van der Waals surface area (Å²) in [6.45, 7) is 3.56. The summed E-state index contributed by atoms with van der Waals surface area (Å²) < 4.78 is 0. The second-order valence-electron chi connectivity index (χ2n) is 2.97. The number of nitrogens with one attached hydrogen (secondary N) is 1. The van der Waals surface area contributed by atoms with E-state index in [-0.39, 0.29) is 0 Å². The Bertz CT molecular complexity index is 430. The van der Waals surface area contributed by atoms with E-state index in [1.54, 1.807) is 0 Å². The number of rotatable bonds is 2. The molecule has 0 saturated heterocycles.